The van der Waals surface area contributed by atoms with Crippen LogP contribution in [0.15, 0.2) is 17.1 Å². The zero-order chi connectivity index (χ0) is 15.1. The summed E-state index contributed by atoms with van der Waals surface area (Å²) in [5.41, 5.74) is 0.946. The van der Waals surface area contributed by atoms with Crippen LogP contribution >= 0.6 is 11.6 Å². The summed E-state index contributed by atoms with van der Waals surface area (Å²) in [5, 5.41) is 6.69. The Morgan fingerprint density at radius 1 is 1.38 bits per heavy atom. The molecule has 0 fully saturated rings. The number of rotatable bonds is 4. The standard InChI is InChI=1S/C15H18ClN3O2/c1-3-5-18-15(17-4-2)19-10-11-8-12(16)14-13(9-11)20-6-7-21-14/h1,8-9H,4-7,10H2,2H3,(H2,17,18,19). The van der Waals surface area contributed by atoms with Gasteiger partial charge in [0.05, 0.1) is 18.1 Å². The highest BCUT2D eigenvalue weighted by molar-refractivity contribution is 6.32. The lowest BCUT2D eigenvalue weighted by Crippen LogP contribution is -2.37. The second kappa shape index (κ2) is 7.65. The van der Waals surface area contributed by atoms with Crippen LogP contribution in [0.4, 0.5) is 0 Å². The molecule has 1 aliphatic rings. The van der Waals surface area contributed by atoms with Crippen molar-refractivity contribution in [2.24, 2.45) is 4.99 Å². The minimum Gasteiger partial charge on any atom is -0.486 e. The molecule has 1 aromatic carbocycles. The van der Waals surface area contributed by atoms with Crippen LogP contribution in [0, 0.1) is 12.3 Å². The van der Waals surface area contributed by atoms with Gasteiger partial charge in [-0.15, -0.1) is 6.42 Å². The van der Waals surface area contributed by atoms with E-state index in [1.165, 1.54) is 0 Å². The first-order chi connectivity index (χ1) is 10.2. The predicted molar refractivity (Wildman–Crippen MR) is 84.1 cm³/mol. The van der Waals surface area contributed by atoms with E-state index in [9.17, 15) is 0 Å². The summed E-state index contributed by atoms with van der Waals surface area (Å²) in [6.07, 6.45) is 5.23. The zero-order valence-electron chi connectivity index (χ0n) is 11.9. The fourth-order valence-electron chi connectivity index (χ4n) is 1.90. The maximum atomic E-state index is 6.20. The lowest BCUT2D eigenvalue weighted by molar-refractivity contribution is 0.171. The fourth-order valence-corrected chi connectivity index (χ4v) is 2.19. The molecule has 0 unspecified atom stereocenters. The molecule has 0 saturated heterocycles. The normalized spacial score (nSPS) is 13.5. The van der Waals surface area contributed by atoms with Crippen molar-refractivity contribution < 1.29 is 9.47 Å². The molecule has 0 amide bonds. The molecule has 6 heteroatoms. The van der Waals surface area contributed by atoms with Crippen molar-refractivity contribution in [3.63, 3.8) is 0 Å². The third-order valence-corrected chi connectivity index (χ3v) is 3.06. The minimum absolute atomic E-state index is 0.424. The monoisotopic (exact) mass is 307 g/mol. The smallest absolute Gasteiger partial charge is 0.192 e. The van der Waals surface area contributed by atoms with Crippen molar-refractivity contribution in [2.75, 3.05) is 26.3 Å². The Balaban J connectivity index is 2.11. The molecule has 112 valence electrons. The van der Waals surface area contributed by atoms with Gasteiger partial charge in [0.2, 0.25) is 0 Å². The van der Waals surface area contributed by atoms with Crippen LogP contribution in [0.3, 0.4) is 0 Å². The van der Waals surface area contributed by atoms with Crippen LogP contribution in [-0.2, 0) is 6.54 Å². The Labute approximate surface area is 129 Å². The van der Waals surface area contributed by atoms with Crippen LogP contribution in [0.25, 0.3) is 0 Å². The molecule has 1 aliphatic heterocycles. The fraction of sp³-hybridized carbons (Fsp3) is 0.400. The van der Waals surface area contributed by atoms with Gasteiger partial charge in [0.15, 0.2) is 17.5 Å². The molecule has 1 aromatic rings. The number of nitrogens with one attached hydrogen (secondary N) is 2. The number of terminal acetylenes is 1. The van der Waals surface area contributed by atoms with E-state index in [-0.39, 0.29) is 0 Å². The number of halogens is 1. The Bertz CT molecular complexity index is 567. The summed E-state index contributed by atoms with van der Waals surface area (Å²) in [6.45, 7) is 4.70. The summed E-state index contributed by atoms with van der Waals surface area (Å²) in [4.78, 5) is 4.46. The van der Waals surface area contributed by atoms with Gasteiger partial charge in [-0.25, -0.2) is 4.99 Å². The van der Waals surface area contributed by atoms with Crippen LogP contribution < -0.4 is 20.1 Å². The Morgan fingerprint density at radius 2 is 2.19 bits per heavy atom. The Kier molecular flexibility index (Phi) is 5.59. The Hall–Kier alpha value is -2.06. The second-order valence-electron chi connectivity index (χ2n) is 4.35. The van der Waals surface area contributed by atoms with Crippen molar-refractivity contribution in [1.29, 1.82) is 0 Å². The number of nitrogens with zero attached hydrogens (tertiary/aromatic N) is 1. The number of aliphatic imine (C=N–C) groups is 1. The highest BCUT2D eigenvalue weighted by atomic mass is 35.5. The van der Waals surface area contributed by atoms with Gasteiger partial charge >= 0.3 is 0 Å². The topological polar surface area (TPSA) is 54.9 Å². The van der Waals surface area contributed by atoms with E-state index in [4.69, 9.17) is 27.5 Å². The van der Waals surface area contributed by atoms with Crippen LogP contribution in [-0.4, -0.2) is 32.3 Å². The first-order valence-electron chi connectivity index (χ1n) is 6.78. The molecule has 21 heavy (non-hydrogen) atoms. The third kappa shape index (κ3) is 4.20. The van der Waals surface area contributed by atoms with Crippen molar-refractivity contribution in [3.05, 3.63) is 22.7 Å². The van der Waals surface area contributed by atoms with Gasteiger partial charge in [-0.2, -0.15) is 0 Å². The predicted octanol–water partition coefficient (Wildman–Crippen LogP) is 1.80. The first kappa shape index (κ1) is 15.3. The molecule has 0 aromatic heterocycles. The van der Waals surface area contributed by atoms with Gasteiger partial charge < -0.3 is 20.1 Å². The van der Waals surface area contributed by atoms with E-state index in [2.05, 4.69) is 21.5 Å². The first-order valence-corrected chi connectivity index (χ1v) is 7.16. The molecule has 0 bridgehead atoms. The maximum absolute atomic E-state index is 6.20. The van der Waals surface area contributed by atoms with Crippen LogP contribution in [0.2, 0.25) is 5.02 Å². The largest absolute Gasteiger partial charge is 0.486 e. The minimum atomic E-state index is 0.424. The van der Waals surface area contributed by atoms with E-state index in [1.54, 1.807) is 0 Å². The van der Waals surface area contributed by atoms with Crippen LogP contribution in [0.1, 0.15) is 12.5 Å². The lowest BCUT2D eigenvalue weighted by Gasteiger charge is -2.20. The zero-order valence-corrected chi connectivity index (χ0v) is 12.7. The molecule has 0 saturated carbocycles. The molecule has 0 atom stereocenters. The molecule has 5 nitrogen and oxygen atoms in total. The highest BCUT2D eigenvalue weighted by Gasteiger charge is 2.16. The molecule has 0 aliphatic carbocycles. The number of benzene rings is 1. The second-order valence-corrected chi connectivity index (χ2v) is 4.76. The molecule has 2 rings (SSSR count). The quantitative estimate of drug-likeness (QED) is 0.506. The molecule has 2 N–H and O–H groups in total. The molecule has 0 spiro atoms. The van der Waals surface area contributed by atoms with Gasteiger partial charge in [0.1, 0.15) is 13.2 Å². The van der Waals surface area contributed by atoms with Crippen molar-refractivity contribution in [2.45, 2.75) is 13.5 Å². The molecule has 1 heterocycles. The van der Waals surface area contributed by atoms with Crippen LogP contribution in [0.5, 0.6) is 11.5 Å². The number of fused-ring (bicyclic) bond motifs is 1. The average Bonchev–Trinajstić information content (AvgIpc) is 2.50. The van der Waals surface area contributed by atoms with Gasteiger partial charge in [0, 0.05) is 6.54 Å². The average molecular weight is 308 g/mol. The van der Waals surface area contributed by atoms with Crippen molar-refractivity contribution >= 4 is 17.6 Å². The molecular formula is C15H18ClN3O2. The third-order valence-electron chi connectivity index (χ3n) is 2.78. The number of hydrogen-bond acceptors (Lipinski definition) is 3. The van der Waals surface area contributed by atoms with E-state index in [1.807, 2.05) is 19.1 Å². The summed E-state index contributed by atoms with van der Waals surface area (Å²) >= 11 is 6.20. The van der Waals surface area contributed by atoms with E-state index in [0.29, 0.717) is 48.8 Å². The Morgan fingerprint density at radius 3 is 2.95 bits per heavy atom. The SMILES string of the molecule is C#CCNC(=NCc1cc(Cl)c2c(c1)OCCO2)NCC. The van der Waals surface area contributed by atoms with Gasteiger partial charge in [-0.1, -0.05) is 17.5 Å². The van der Waals surface area contributed by atoms with Crippen molar-refractivity contribution in [1.82, 2.24) is 10.6 Å². The number of ether oxygens (including phenoxy) is 2. The highest BCUT2D eigenvalue weighted by Crippen LogP contribution is 2.38. The molecular weight excluding hydrogens is 290 g/mol. The van der Waals surface area contributed by atoms with E-state index < -0.39 is 0 Å². The van der Waals surface area contributed by atoms with E-state index >= 15 is 0 Å². The number of hydrogen-bond donors (Lipinski definition) is 2. The summed E-state index contributed by atoms with van der Waals surface area (Å²) in [7, 11) is 0. The lowest BCUT2D eigenvalue weighted by atomic mass is 10.2. The van der Waals surface area contributed by atoms with Crippen molar-refractivity contribution in [3.8, 4) is 23.8 Å². The number of guanidine groups is 1. The van der Waals surface area contributed by atoms with Gasteiger partial charge in [-0.05, 0) is 24.6 Å². The molecule has 0 radical (unpaired) electrons. The van der Waals surface area contributed by atoms with Gasteiger partial charge in [-0.3, -0.25) is 0 Å². The van der Waals surface area contributed by atoms with E-state index in [0.717, 1.165) is 12.1 Å². The maximum Gasteiger partial charge on any atom is 0.192 e. The summed E-state index contributed by atoms with van der Waals surface area (Å²) in [5.74, 6) is 4.46. The summed E-state index contributed by atoms with van der Waals surface area (Å²) < 4.78 is 11.0. The van der Waals surface area contributed by atoms with Gasteiger partial charge in [0.25, 0.3) is 0 Å². The summed E-state index contributed by atoms with van der Waals surface area (Å²) in [6, 6.07) is 3.73.